The van der Waals surface area contributed by atoms with Crippen LogP contribution in [0.15, 0.2) is 42.5 Å². The van der Waals surface area contributed by atoms with E-state index in [0.29, 0.717) is 21.4 Å². The molecule has 0 atom stereocenters. The number of esters is 1. The second-order valence-corrected chi connectivity index (χ2v) is 4.85. The predicted octanol–water partition coefficient (Wildman–Crippen LogP) is 4.36. The van der Waals surface area contributed by atoms with Crippen molar-refractivity contribution in [3.8, 4) is 5.75 Å². The molecule has 2 aromatic rings. The maximum absolute atomic E-state index is 11.4. The quantitative estimate of drug-likeness (QED) is 0.787. The summed E-state index contributed by atoms with van der Waals surface area (Å²) in [6, 6.07) is 12.1. The van der Waals surface area contributed by atoms with Crippen LogP contribution in [0.5, 0.6) is 5.75 Å². The number of carbonyl (C=O) groups excluding carboxylic acids is 1. The molecule has 2 rings (SSSR count). The van der Waals surface area contributed by atoms with E-state index in [9.17, 15) is 4.79 Å². The highest BCUT2D eigenvalue weighted by Gasteiger charge is 2.09. The summed E-state index contributed by atoms with van der Waals surface area (Å²) in [4.78, 5) is 11.4. The molecule has 0 bridgehead atoms. The van der Waals surface area contributed by atoms with Crippen LogP contribution in [-0.4, -0.2) is 13.1 Å². The van der Waals surface area contributed by atoms with Gasteiger partial charge in [-0.25, -0.2) is 4.79 Å². The van der Waals surface area contributed by atoms with Crippen molar-refractivity contribution in [3.05, 3.63) is 63.6 Å². The molecule has 0 aliphatic carbocycles. The molecule has 0 unspecified atom stereocenters. The molecule has 0 N–H and O–H groups in total. The molecule has 0 heterocycles. The molecule has 0 aliphatic rings. The first-order chi connectivity index (χ1) is 9.61. The zero-order chi connectivity index (χ0) is 14.5. The smallest absolute Gasteiger partial charge is 0.337 e. The number of hydrogen-bond acceptors (Lipinski definition) is 3. The number of carbonyl (C=O) groups is 1. The molecule has 3 nitrogen and oxygen atoms in total. The van der Waals surface area contributed by atoms with E-state index >= 15 is 0 Å². The summed E-state index contributed by atoms with van der Waals surface area (Å²) in [7, 11) is 1.34. The molecular formula is C15H12Cl2O3. The van der Waals surface area contributed by atoms with E-state index in [2.05, 4.69) is 4.74 Å². The van der Waals surface area contributed by atoms with Crippen molar-refractivity contribution in [2.24, 2.45) is 0 Å². The Kier molecular flexibility index (Phi) is 4.88. The molecule has 0 saturated heterocycles. The minimum Gasteiger partial charge on any atom is -0.486 e. The van der Waals surface area contributed by atoms with Crippen LogP contribution in [0.25, 0.3) is 0 Å². The van der Waals surface area contributed by atoms with Crippen LogP contribution in [0.2, 0.25) is 10.0 Å². The van der Waals surface area contributed by atoms with Crippen molar-refractivity contribution in [2.75, 3.05) is 7.11 Å². The molecule has 104 valence electrons. The first-order valence-electron chi connectivity index (χ1n) is 5.86. The van der Waals surface area contributed by atoms with Crippen LogP contribution in [0, 0.1) is 0 Å². The molecule has 0 fully saturated rings. The Hall–Kier alpha value is -1.71. The van der Waals surface area contributed by atoms with Gasteiger partial charge < -0.3 is 9.47 Å². The maximum atomic E-state index is 11.4. The Bertz CT molecular complexity index is 606. The van der Waals surface area contributed by atoms with Crippen LogP contribution in [0.3, 0.4) is 0 Å². The van der Waals surface area contributed by atoms with Crippen LogP contribution in [0.4, 0.5) is 0 Å². The minimum absolute atomic E-state index is 0.258. The second-order valence-electron chi connectivity index (χ2n) is 4.03. The summed E-state index contributed by atoms with van der Waals surface area (Å²) in [5.41, 5.74) is 1.29. The third kappa shape index (κ3) is 3.44. The van der Waals surface area contributed by atoms with E-state index in [0.717, 1.165) is 5.56 Å². The largest absolute Gasteiger partial charge is 0.486 e. The standard InChI is InChI=1S/C15H12Cl2O3/c1-19-15(18)11-5-2-4-10(8-11)9-20-14-12(16)6-3-7-13(14)17/h2-8H,9H2,1H3. The molecular weight excluding hydrogens is 299 g/mol. The SMILES string of the molecule is COC(=O)c1cccc(COc2c(Cl)cccc2Cl)c1. The molecule has 0 aliphatic heterocycles. The lowest BCUT2D eigenvalue weighted by molar-refractivity contribution is 0.0600. The Morgan fingerprint density at radius 2 is 1.75 bits per heavy atom. The second kappa shape index (κ2) is 6.64. The third-order valence-corrected chi connectivity index (χ3v) is 3.25. The number of rotatable bonds is 4. The zero-order valence-electron chi connectivity index (χ0n) is 10.7. The molecule has 0 aromatic heterocycles. The van der Waals surface area contributed by atoms with Crippen molar-refractivity contribution in [3.63, 3.8) is 0 Å². The van der Waals surface area contributed by atoms with Gasteiger partial charge in [0.2, 0.25) is 0 Å². The summed E-state index contributed by atoms with van der Waals surface area (Å²) in [5, 5.41) is 0.892. The van der Waals surface area contributed by atoms with Gasteiger partial charge in [0.1, 0.15) is 6.61 Å². The fourth-order valence-corrected chi connectivity index (χ4v) is 2.19. The van der Waals surface area contributed by atoms with Crippen molar-refractivity contribution in [2.45, 2.75) is 6.61 Å². The first kappa shape index (κ1) is 14.7. The molecule has 0 saturated carbocycles. The Balaban J connectivity index is 2.13. The Morgan fingerprint density at radius 1 is 1.10 bits per heavy atom. The van der Waals surface area contributed by atoms with Crippen LogP contribution < -0.4 is 4.74 Å². The lowest BCUT2D eigenvalue weighted by Crippen LogP contribution is -2.03. The zero-order valence-corrected chi connectivity index (χ0v) is 12.2. The van der Waals surface area contributed by atoms with Gasteiger partial charge in [-0.3, -0.25) is 0 Å². The Labute approximate surface area is 127 Å². The maximum Gasteiger partial charge on any atom is 0.337 e. The lowest BCUT2D eigenvalue weighted by atomic mass is 10.1. The number of para-hydroxylation sites is 1. The molecule has 0 spiro atoms. The van der Waals surface area contributed by atoms with Gasteiger partial charge in [0.15, 0.2) is 5.75 Å². The summed E-state index contributed by atoms with van der Waals surface area (Å²) in [6.45, 7) is 0.258. The van der Waals surface area contributed by atoms with E-state index in [4.69, 9.17) is 27.9 Å². The average molecular weight is 311 g/mol. The highest BCUT2D eigenvalue weighted by atomic mass is 35.5. The third-order valence-electron chi connectivity index (χ3n) is 2.65. The van der Waals surface area contributed by atoms with Gasteiger partial charge in [0, 0.05) is 0 Å². The fraction of sp³-hybridized carbons (Fsp3) is 0.133. The van der Waals surface area contributed by atoms with Crippen LogP contribution in [0.1, 0.15) is 15.9 Å². The first-order valence-corrected chi connectivity index (χ1v) is 6.61. The molecule has 20 heavy (non-hydrogen) atoms. The van der Waals surface area contributed by atoms with E-state index in [1.54, 1.807) is 36.4 Å². The monoisotopic (exact) mass is 310 g/mol. The van der Waals surface area contributed by atoms with Gasteiger partial charge in [-0.15, -0.1) is 0 Å². The van der Waals surface area contributed by atoms with E-state index in [1.807, 2.05) is 6.07 Å². The van der Waals surface area contributed by atoms with Crippen molar-refractivity contribution in [1.29, 1.82) is 0 Å². The topological polar surface area (TPSA) is 35.5 Å². The van der Waals surface area contributed by atoms with Gasteiger partial charge >= 0.3 is 5.97 Å². The van der Waals surface area contributed by atoms with E-state index in [1.165, 1.54) is 7.11 Å². The number of benzene rings is 2. The molecule has 0 radical (unpaired) electrons. The minimum atomic E-state index is -0.386. The van der Waals surface area contributed by atoms with Gasteiger partial charge in [0.25, 0.3) is 0 Å². The predicted molar refractivity (Wildman–Crippen MR) is 78.6 cm³/mol. The number of ether oxygens (including phenoxy) is 2. The number of methoxy groups -OCH3 is 1. The summed E-state index contributed by atoms with van der Waals surface area (Å²) in [5.74, 6) is 0.0435. The van der Waals surface area contributed by atoms with Gasteiger partial charge in [-0.05, 0) is 29.8 Å². The highest BCUT2D eigenvalue weighted by molar-refractivity contribution is 6.37. The summed E-state index contributed by atoms with van der Waals surface area (Å²) < 4.78 is 10.3. The summed E-state index contributed by atoms with van der Waals surface area (Å²) >= 11 is 12.0. The normalized spacial score (nSPS) is 10.2. The summed E-state index contributed by atoms with van der Waals surface area (Å²) in [6.07, 6.45) is 0. The fourth-order valence-electron chi connectivity index (χ4n) is 1.68. The van der Waals surface area contributed by atoms with Gasteiger partial charge in [-0.1, -0.05) is 41.4 Å². The number of halogens is 2. The van der Waals surface area contributed by atoms with Crippen LogP contribution in [-0.2, 0) is 11.3 Å². The molecule has 5 heteroatoms. The van der Waals surface area contributed by atoms with Gasteiger partial charge in [0.05, 0.1) is 22.7 Å². The van der Waals surface area contributed by atoms with Crippen molar-refractivity contribution in [1.82, 2.24) is 0 Å². The van der Waals surface area contributed by atoms with Crippen molar-refractivity contribution >= 4 is 29.2 Å². The number of hydrogen-bond donors (Lipinski definition) is 0. The highest BCUT2D eigenvalue weighted by Crippen LogP contribution is 2.32. The molecule has 2 aromatic carbocycles. The van der Waals surface area contributed by atoms with E-state index < -0.39 is 0 Å². The van der Waals surface area contributed by atoms with Gasteiger partial charge in [-0.2, -0.15) is 0 Å². The van der Waals surface area contributed by atoms with Crippen molar-refractivity contribution < 1.29 is 14.3 Å². The van der Waals surface area contributed by atoms with Crippen LogP contribution >= 0.6 is 23.2 Å². The molecule has 0 amide bonds. The van der Waals surface area contributed by atoms with E-state index in [-0.39, 0.29) is 12.6 Å². The average Bonchev–Trinajstić information content (AvgIpc) is 2.46. The Morgan fingerprint density at radius 3 is 2.40 bits per heavy atom. The lowest BCUT2D eigenvalue weighted by Gasteiger charge is -2.10.